The molecule has 2 aromatic rings. The highest BCUT2D eigenvalue weighted by atomic mass is 16.5. The third kappa shape index (κ3) is 2.52. The van der Waals surface area contributed by atoms with Gasteiger partial charge >= 0.3 is 5.97 Å². The number of carboxylic acids is 1. The van der Waals surface area contributed by atoms with Crippen LogP contribution in [0.25, 0.3) is 0 Å². The van der Waals surface area contributed by atoms with Crippen LogP contribution in [-0.2, 0) is 19.4 Å². The molecule has 0 radical (unpaired) electrons. The van der Waals surface area contributed by atoms with Gasteiger partial charge in [-0.25, -0.2) is 4.79 Å². The molecule has 0 bridgehead atoms. The summed E-state index contributed by atoms with van der Waals surface area (Å²) < 4.78 is 10.7. The summed E-state index contributed by atoms with van der Waals surface area (Å²) >= 11 is 0. The Balaban J connectivity index is 1.73. The molecule has 1 N–H and O–H groups in total. The maximum Gasteiger partial charge on any atom is 0.358 e. The second-order valence-corrected chi connectivity index (χ2v) is 4.87. The van der Waals surface area contributed by atoms with E-state index in [1.54, 1.807) is 0 Å². The Labute approximate surface area is 116 Å². The Morgan fingerprint density at radius 3 is 3.00 bits per heavy atom. The quantitative estimate of drug-likeness (QED) is 0.927. The molecule has 0 spiro atoms. The zero-order valence-electron chi connectivity index (χ0n) is 11.0. The van der Waals surface area contributed by atoms with E-state index in [9.17, 15) is 4.79 Å². The van der Waals surface area contributed by atoms with Crippen molar-refractivity contribution in [2.45, 2.75) is 32.3 Å². The minimum atomic E-state index is -1.10. The Hall–Kier alpha value is -2.30. The van der Waals surface area contributed by atoms with Gasteiger partial charge in [0.1, 0.15) is 12.4 Å². The van der Waals surface area contributed by atoms with Crippen LogP contribution in [-0.4, -0.2) is 16.2 Å². The number of aromatic carboxylic acids is 1. The maximum atomic E-state index is 10.7. The maximum absolute atomic E-state index is 10.7. The van der Waals surface area contributed by atoms with Crippen LogP contribution in [0.15, 0.2) is 28.8 Å². The van der Waals surface area contributed by atoms with E-state index in [0.717, 1.165) is 18.6 Å². The number of fused-ring (bicyclic) bond motifs is 1. The van der Waals surface area contributed by atoms with Gasteiger partial charge < -0.3 is 14.4 Å². The average Bonchev–Trinajstić information content (AvgIpc) is 2.94. The van der Waals surface area contributed by atoms with Crippen molar-refractivity contribution in [2.24, 2.45) is 0 Å². The van der Waals surface area contributed by atoms with Gasteiger partial charge in [0, 0.05) is 6.07 Å². The number of hydrogen-bond acceptors (Lipinski definition) is 4. The van der Waals surface area contributed by atoms with Crippen molar-refractivity contribution in [3.63, 3.8) is 0 Å². The summed E-state index contributed by atoms with van der Waals surface area (Å²) in [6.07, 6.45) is 4.53. The van der Waals surface area contributed by atoms with Gasteiger partial charge in [-0.3, -0.25) is 0 Å². The highest BCUT2D eigenvalue weighted by Crippen LogP contribution is 2.30. The Kier molecular flexibility index (Phi) is 3.41. The molecule has 0 saturated heterocycles. The van der Waals surface area contributed by atoms with E-state index in [2.05, 4.69) is 11.2 Å². The molecule has 1 aromatic heterocycles. The number of nitrogens with zero attached hydrogens (tertiary/aromatic N) is 1. The molecule has 1 aliphatic rings. The topological polar surface area (TPSA) is 72.6 Å². The molecule has 3 rings (SSSR count). The molecule has 1 aromatic carbocycles. The molecule has 0 amide bonds. The lowest BCUT2D eigenvalue weighted by molar-refractivity contribution is 0.0685. The van der Waals surface area contributed by atoms with Crippen LogP contribution in [0.5, 0.6) is 5.75 Å². The van der Waals surface area contributed by atoms with Crippen LogP contribution in [0.1, 0.15) is 40.2 Å². The summed E-state index contributed by atoms with van der Waals surface area (Å²) in [4.78, 5) is 10.7. The van der Waals surface area contributed by atoms with Gasteiger partial charge in [0.25, 0.3) is 0 Å². The number of ether oxygens (including phenoxy) is 1. The lowest BCUT2D eigenvalue weighted by atomic mass is 9.91. The van der Waals surface area contributed by atoms with E-state index < -0.39 is 5.97 Å². The molecular formula is C15H15NO4. The summed E-state index contributed by atoms with van der Waals surface area (Å²) in [6.45, 7) is 0.191. The Morgan fingerprint density at radius 2 is 2.20 bits per heavy atom. The van der Waals surface area contributed by atoms with Crippen molar-refractivity contribution >= 4 is 5.97 Å². The predicted octanol–water partition coefficient (Wildman–Crippen LogP) is 2.83. The molecule has 0 atom stereocenters. The molecule has 5 nitrogen and oxygen atoms in total. The first-order valence-electron chi connectivity index (χ1n) is 6.66. The highest BCUT2D eigenvalue weighted by Gasteiger charge is 2.15. The van der Waals surface area contributed by atoms with Gasteiger partial charge in [-0.1, -0.05) is 17.3 Å². The fraction of sp³-hybridized carbons (Fsp3) is 0.333. The van der Waals surface area contributed by atoms with Gasteiger partial charge in [0.15, 0.2) is 11.5 Å². The number of hydrogen-bond donors (Lipinski definition) is 1. The molecule has 0 fully saturated rings. The van der Waals surface area contributed by atoms with Gasteiger partial charge in [-0.15, -0.1) is 0 Å². The van der Waals surface area contributed by atoms with Crippen molar-refractivity contribution < 1.29 is 19.2 Å². The van der Waals surface area contributed by atoms with E-state index in [1.165, 1.54) is 30.0 Å². The van der Waals surface area contributed by atoms with Crippen LogP contribution in [0.2, 0.25) is 0 Å². The van der Waals surface area contributed by atoms with Crippen molar-refractivity contribution in [2.75, 3.05) is 0 Å². The molecule has 1 heterocycles. The van der Waals surface area contributed by atoms with E-state index in [1.807, 2.05) is 12.1 Å². The number of aromatic nitrogens is 1. The first-order chi connectivity index (χ1) is 9.74. The molecule has 0 saturated carbocycles. The third-order valence-corrected chi connectivity index (χ3v) is 3.50. The van der Waals surface area contributed by atoms with Gasteiger partial charge in [0.05, 0.1) is 0 Å². The van der Waals surface area contributed by atoms with Crippen LogP contribution >= 0.6 is 0 Å². The second-order valence-electron chi connectivity index (χ2n) is 4.87. The monoisotopic (exact) mass is 273 g/mol. The normalized spacial score (nSPS) is 13.8. The second kappa shape index (κ2) is 5.36. The van der Waals surface area contributed by atoms with Crippen LogP contribution in [0.4, 0.5) is 0 Å². The van der Waals surface area contributed by atoms with Crippen LogP contribution < -0.4 is 4.74 Å². The summed E-state index contributed by atoms with van der Waals surface area (Å²) in [5, 5.41) is 12.2. The largest absolute Gasteiger partial charge is 0.485 e. The molecule has 5 heteroatoms. The predicted molar refractivity (Wildman–Crippen MR) is 70.9 cm³/mol. The van der Waals surface area contributed by atoms with E-state index in [-0.39, 0.29) is 12.3 Å². The van der Waals surface area contributed by atoms with Crippen molar-refractivity contribution in [1.29, 1.82) is 0 Å². The van der Waals surface area contributed by atoms with Gasteiger partial charge in [-0.2, -0.15) is 0 Å². The van der Waals surface area contributed by atoms with Crippen molar-refractivity contribution in [3.8, 4) is 5.75 Å². The lowest BCUT2D eigenvalue weighted by Crippen LogP contribution is -2.06. The molecule has 104 valence electrons. The zero-order chi connectivity index (χ0) is 13.9. The van der Waals surface area contributed by atoms with E-state index in [0.29, 0.717) is 5.76 Å². The average molecular weight is 273 g/mol. The first kappa shape index (κ1) is 12.7. The number of carbonyl (C=O) groups is 1. The third-order valence-electron chi connectivity index (χ3n) is 3.50. The summed E-state index contributed by atoms with van der Waals surface area (Å²) in [6, 6.07) is 7.46. The van der Waals surface area contributed by atoms with Crippen LogP contribution in [0, 0.1) is 0 Å². The van der Waals surface area contributed by atoms with Crippen LogP contribution in [0.3, 0.4) is 0 Å². The fourth-order valence-corrected chi connectivity index (χ4v) is 2.51. The molecule has 20 heavy (non-hydrogen) atoms. The van der Waals surface area contributed by atoms with E-state index in [4.69, 9.17) is 14.4 Å². The lowest BCUT2D eigenvalue weighted by Gasteiger charge is -2.18. The minimum absolute atomic E-state index is 0.0984. The number of rotatable bonds is 4. The molecule has 0 aliphatic heterocycles. The number of benzene rings is 1. The minimum Gasteiger partial charge on any atom is -0.485 e. The number of aryl methyl sites for hydroxylation is 1. The van der Waals surface area contributed by atoms with Crippen molar-refractivity contribution in [3.05, 3.63) is 46.8 Å². The van der Waals surface area contributed by atoms with Gasteiger partial charge in [-0.05, 0) is 42.9 Å². The fourth-order valence-electron chi connectivity index (χ4n) is 2.51. The molecule has 0 unspecified atom stereocenters. The number of carboxylic acid groups (broad SMARTS) is 1. The SMILES string of the molecule is O=C(O)c1cc(COc2cccc3c2CCCC3)on1. The van der Waals surface area contributed by atoms with Crippen molar-refractivity contribution in [1.82, 2.24) is 5.16 Å². The Bertz CT molecular complexity index is 633. The Morgan fingerprint density at radius 1 is 1.35 bits per heavy atom. The smallest absolute Gasteiger partial charge is 0.358 e. The standard InChI is InChI=1S/C15H15NO4/c17-15(18)13-8-11(20-16-13)9-19-14-7-3-5-10-4-1-2-6-12(10)14/h3,5,7-8H,1-2,4,6,9H2,(H,17,18). The van der Waals surface area contributed by atoms with Gasteiger partial charge in [0.2, 0.25) is 0 Å². The first-order valence-corrected chi connectivity index (χ1v) is 6.66. The van der Waals surface area contributed by atoms with E-state index >= 15 is 0 Å². The summed E-state index contributed by atoms with van der Waals surface area (Å²) in [5.41, 5.74) is 2.51. The molecular weight excluding hydrogens is 258 g/mol. The molecule has 1 aliphatic carbocycles. The zero-order valence-corrected chi connectivity index (χ0v) is 11.0. The summed E-state index contributed by atoms with van der Waals surface area (Å²) in [5.74, 6) is 0.170. The highest BCUT2D eigenvalue weighted by molar-refractivity contribution is 5.85. The summed E-state index contributed by atoms with van der Waals surface area (Å²) in [7, 11) is 0.